The Kier molecular flexibility index (Phi) is 4.16. The predicted molar refractivity (Wildman–Crippen MR) is 99.9 cm³/mol. The molecule has 1 aliphatic heterocycles. The van der Waals surface area contributed by atoms with Crippen LogP contribution in [0.3, 0.4) is 0 Å². The predicted octanol–water partition coefficient (Wildman–Crippen LogP) is 4.43. The van der Waals surface area contributed by atoms with E-state index in [0.717, 1.165) is 16.9 Å². The van der Waals surface area contributed by atoms with E-state index in [4.69, 9.17) is 0 Å². The van der Waals surface area contributed by atoms with Crippen LogP contribution in [0.15, 0.2) is 48.5 Å². The number of benzene rings is 2. The fourth-order valence-electron chi connectivity index (χ4n) is 3.34. The highest BCUT2D eigenvalue weighted by atomic mass is 32.1. The van der Waals surface area contributed by atoms with Gasteiger partial charge in [0.1, 0.15) is 16.4 Å². The Morgan fingerprint density at radius 1 is 1.19 bits per heavy atom. The molecule has 1 aliphatic rings. The number of aromatic carboxylic acids is 1. The molecule has 3 N–H and O–H groups in total. The van der Waals surface area contributed by atoms with E-state index in [1.165, 1.54) is 30.3 Å². The molecule has 0 saturated carbocycles. The molecule has 5 nitrogen and oxygen atoms in total. The van der Waals surface area contributed by atoms with Gasteiger partial charge < -0.3 is 15.5 Å². The van der Waals surface area contributed by atoms with Gasteiger partial charge in [0.05, 0.1) is 5.69 Å². The summed E-state index contributed by atoms with van der Waals surface area (Å²) in [6.45, 7) is 0. The molecule has 2 heterocycles. The first-order valence-electron chi connectivity index (χ1n) is 8.18. The molecule has 3 aromatic rings. The Bertz CT molecular complexity index is 1060. The topological polar surface area (TPSA) is 86.6 Å². The number of anilines is 1. The highest BCUT2D eigenvalue weighted by Gasteiger charge is 2.34. The van der Waals surface area contributed by atoms with Crippen molar-refractivity contribution in [2.45, 2.75) is 12.3 Å². The summed E-state index contributed by atoms with van der Waals surface area (Å²) in [5.74, 6) is -2.07. The van der Waals surface area contributed by atoms with E-state index in [2.05, 4.69) is 5.32 Å². The first kappa shape index (κ1) is 17.2. The van der Waals surface area contributed by atoms with Crippen LogP contribution in [0.1, 0.15) is 32.5 Å². The summed E-state index contributed by atoms with van der Waals surface area (Å²) >= 11 is 1.09. The number of carbonyl (C=O) groups is 2. The number of aromatic hydroxyl groups is 1. The quantitative estimate of drug-likeness (QED) is 0.624. The standard InChI is InChI=1S/C20H14FNO4S/c21-12-6-4-10(5-7-12)16-17-18(27-19(16)20(25)26)14(9-15(24)22-17)11-2-1-3-13(23)8-11/h1-8,14,23H,9H2,(H,22,24)(H,25,26). The van der Waals surface area contributed by atoms with E-state index >= 15 is 0 Å². The maximum Gasteiger partial charge on any atom is 0.346 e. The minimum Gasteiger partial charge on any atom is -0.508 e. The van der Waals surface area contributed by atoms with Gasteiger partial charge in [0.25, 0.3) is 0 Å². The van der Waals surface area contributed by atoms with Crippen LogP contribution >= 0.6 is 11.3 Å². The van der Waals surface area contributed by atoms with Gasteiger partial charge in [-0.05, 0) is 35.4 Å². The molecule has 1 unspecified atom stereocenters. The van der Waals surface area contributed by atoms with Crippen molar-refractivity contribution in [1.29, 1.82) is 0 Å². The molecule has 27 heavy (non-hydrogen) atoms. The van der Waals surface area contributed by atoms with E-state index in [-0.39, 0.29) is 28.9 Å². The third kappa shape index (κ3) is 3.06. The number of carboxylic acids is 1. The Hall–Kier alpha value is -3.19. The molecule has 0 fully saturated rings. The fourth-order valence-corrected chi connectivity index (χ4v) is 4.59. The molecular weight excluding hydrogens is 369 g/mol. The molecule has 0 bridgehead atoms. The minimum atomic E-state index is -1.11. The lowest BCUT2D eigenvalue weighted by atomic mass is 9.88. The van der Waals surface area contributed by atoms with Crippen LogP contribution in [0.2, 0.25) is 0 Å². The highest BCUT2D eigenvalue weighted by molar-refractivity contribution is 7.15. The SMILES string of the molecule is O=C1CC(c2cccc(O)c2)c2sc(C(=O)O)c(-c3ccc(F)cc3)c2N1. The zero-order valence-electron chi connectivity index (χ0n) is 13.9. The first-order valence-corrected chi connectivity index (χ1v) is 9.00. The van der Waals surface area contributed by atoms with E-state index in [1.54, 1.807) is 18.2 Å². The van der Waals surface area contributed by atoms with Gasteiger partial charge in [0, 0.05) is 22.8 Å². The fraction of sp³-hybridized carbons (Fsp3) is 0.100. The van der Waals surface area contributed by atoms with Crippen molar-refractivity contribution in [1.82, 2.24) is 0 Å². The van der Waals surface area contributed by atoms with Crippen LogP contribution in [0.4, 0.5) is 10.1 Å². The second-order valence-corrected chi connectivity index (χ2v) is 7.31. The number of fused-ring (bicyclic) bond motifs is 1. The summed E-state index contributed by atoms with van der Waals surface area (Å²) in [5.41, 5.74) is 2.06. The summed E-state index contributed by atoms with van der Waals surface area (Å²) in [7, 11) is 0. The summed E-state index contributed by atoms with van der Waals surface area (Å²) in [6, 6.07) is 12.1. The molecule has 0 aliphatic carbocycles. The molecule has 1 amide bonds. The molecule has 1 atom stereocenters. The lowest BCUT2D eigenvalue weighted by molar-refractivity contribution is -0.116. The van der Waals surface area contributed by atoms with Crippen LogP contribution in [-0.4, -0.2) is 22.1 Å². The highest BCUT2D eigenvalue weighted by Crippen LogP contribution is 2.49. The van der Waals surface area contributed by atoms with Crippen LogP contribution in [0.5, 0.6) is 5.75 Å². The molecule has 0 spiro atoms. The molecule has 136 valence electrons. The van der Waals surface area contributed by atoms with Gasteiger partial charge in [0.2, 0.25) is 5.91 Å². The number of thiophene rings is 1. The van der Waals surface area contributed by atoms with E-state index < -0.39 is 11.8 Å². The lowest BCUT2D eigenvalue weighted by Crippen LogP contribution is -2.22. The Labute approximate surface area is 157 Å². The Balaban J connectivity index is 1.94. The van der Waals surface area contributed by atoms with Crippen molar-refractivity contribution in [3.8, 4) is 16.9 Å². The maximum atomic E-state index is 13.3. The van der Waals surface area contributed by atoms with E-state index in [1.807, 2.05) is 0 Å². The van der Waals surface area contributed by atoms with E-state index in [9.17, 15) is 24.2 Å². The number of hydrogen-bond acceptors (Lipinski definition) is 4. The normalized spacial score (nSPS) is 15.9. The largest absolute Gasteiger partial charge is 0.508 e. The zero-order valence-corrected chi connectivity index (χ0v) is 14.7. The molecule has 7 heteroatoms. The van der Waals surface area contributed by atoms with Crippen LogP contribution in [0, 0.1) is 5.82 Å². The van der Waals surface area contributed by atoms with Crippen LogP contribution in [-0.2, 0) is 4.79 Å². The van der Waals surface area contributed by atoms with Gasteiger partial charge in [-0.3, -0.25) is 4.79 Å². The molecule has 4 rings (SSSR count). The molecule has 0 radical (unpaired) electrons. The zero-order chi connectivity index (χ0) is 19.1. The van der Waals surface area contributed by atoms with Crippen molar-refractivity contribution in [3.63, 3.8) is 0 Å². The van der Waals surface area contributed by atoms with Gasteiger partial charge in [-0.2, -0.15) is 0 Å². The van der Waals surface area contributed by atoms with Gasteiger partial charge >= 0.3 is 5.97 Å². The van der Waals surface area contributed by atoms with E-state index in [0.29, 0.717) is 21.7 Å². The first-order chi connectivity index (χ1) is 12.9. The number of phenolic OH excluding ortho intramolecular Hbond substituents is 1. The van der Waals surface area contributed by atoms with Crippen LogP contribution < -0.4 is 5.32 Å². The lowest BCUT2D eigenvalue weighted by Gasteiger charge is -2.24. The number of hydrogen-bond donors (Lipinski definition) is 3. The maximum absolute atomic E-state index is 13.3. The van der Waals surface area contributed by atoms with Gasteiger partial charge in [-0.25, -0.2) is 9.18 Å². The van der Waals surface area contributed by atoms with Gasteiger partial charge in [-0.1, -0.05) is 24.3 Å². The third-order valence-electron chi connectivity index (χ3n) is 4.51. The van der Waals surface area contributed by atoms with Crippen molar-refractivity contribution >= 4 is 28.9 Å². The van der Waals surface area contributed by atoms with Crippen molar-refractivity contribution in [3.05, 3.63) is 69.7 Å². The third-order valence-corrected chi connectivity index (χ3v) is 5.80. The number of rotatable bonds is 3. The number of carbonyl (C=O) groups excluding carboxylic acids is 1. The number of carboxylic acid groups (broad SMARTS) is 1. The molecule has 1 aromatic heterocycles. The minimum absolute atomic E-state index is 0.0776. The number of phenols is 1. The van der Waals surface area contributed by atoms with Crippen molar-refractivity contribution in [2.75, 3.05) is 5.32 Å². The second kappa shape index (κ2) is 6.51. The van der Waals surface area contributed by atoms with Gasteiger partial charge in [0.15, 0.2) is 0 Å². The number of nitrogens with one attached hydrogen (secondary N) is 1. The average molecular weight is 383 g/mol. The Morgan fingerprint density at radius 2 is 1.93 bits per heavy atom. The summed E-state index contributed by atoms with van der Waals surface area (Å²) in [5, 5.41) is 22.2. The Morgan fingerprint density at radius 3 is 2.59 bits per heavy atom. The number of amides is 1. The smallest absolute Gasteiger partial charge is 0.346 e. The number of halogens is 1. The summed E-state index contributed by atoms with van der Waals surface area (Å²) in [4.78, 5) is 25.0. The molecular formula is C20H14FNO4S. The average Bonchev–Trinajstić information content (AvgIpc) is 3.01. The molecule has 0 saturated heterocycles. The second-order valence-electron chi connectivity index (χ2n) is 6.26. The summed E-state index contributed by atoms with van der Waals surface area (Å²) < 4.78 is 13.3. The molecule has 2 aromatic carbocycles. The van der Waals surface area contributed by atoms with Crippen molar-refractivity contribution < 1.29 is 24.2 Å². The van der Waals surface area contributed by atoms with Crippen molar-refractivity contribution in [2.24, 2.45) is 0 Å². The van der Waals surface area contributed by atoms with Gasteiger partial charge in [-0.15, -0.1) is 11.3 Å². The monoisotopic (exact) mass is 383 g/mol. The van der Waals surface area contributed by atoms with Crippen LogP contribution in [0.25, 0.3) is 11.1 Å². The summed E-state index contributed by atoms with van der Waals surface area (Å²) in [6.07, 6.45) is 0.152.